The predicted molar refractivity (Wildman–Crippen MR) is 130 cm³/mol. The minimum absolute atomic E-state index is 0.111. The van der Waals surface area contributed by atoms with Gasteiger partial charge in [0.1, 0.15) is 11.4 Å². The van der Waals surface area contributed by atoms with Crippen molar-refractivity contribution in [2.24, 2.45) is 0 Å². The van der Waals surface area contributed by atoms with Crippen LogP contribution in [0.15, 0.2) is 60.8 Å². The van der Waals surface area contributed by atoms with E-state index in [2.05, 4.69) is 55.6 Å². The number of rotatable bonds is 6. The third-order valence-corrected chi connectivity index (χ3v) is 7.01. The molecule has 1 aromatic heterocycles. The molecule has 5 nitrogen and oxygen atoms in total. The van der Waals surface area contributed by atoms with E-state index in [4.69, 9.17) is 11.6 Å². The van der Waals surface area contributed by atoms with Gasteiger partial charge in [-0.3, -0.25) is 4.79 Å². The lowest BCUT2D eigenvalue weighted by atomic mass is 9.84. The number of anilines is 1. The number of hydrogen-bond acceptors (Lipinski definition) is 3. The number of carbonyl (C=O) groups is 1. The molecule has 0 aliphatic carbocycles. The number of carbonyl (C=O) groups excluding carboxylic acids is 1. The zero-order valence-electron chi connectivity index (χ0n) is 19.2. The molecule has 1 amide bonds. The van der Waals surface area contributed by atoms with Crippen molar-refractivity contribution >= 4 is 23.3 Å². The van der Waals surface area contributed by atoms with Crippen LogP contribution in [-0.4, -0.2) is 15.7 Å². The molecule has 2 heterocycles. The Balaban J connectivity index is 1.67. The Morgan fingerprint density at radius 2 is 1.81 bits per heavy atom. The second-order valence-corrected chi connectivity index (χ2v) is 9.63. The van der Waals surface area contributed by atoms with E-state index in [9.17, 15) is 4.79 Å². The van der Waals surface area contributed by atoms with Gasteiger partial charge < -0.3 is 10.6 Å². The fourth-order valence-corrected chi connectivity index (χ4v) is 4.89. The van der Waals surface area contributed by atoms with Crippen LogP contribution in [0.3, 0.4) is 0 Å². The molecule has 32 heavy (non-hydrogen) atoms. The molecule has 2 N–H and O–H groups in total. The molecule has 2 aromatic carbocycles. The van der Waals surface area contributed by atoms with Crippen LogP contribution in [0.1, 0.15) is 74.5 Å². The van der Waals surface area contributed by atoms with Gasteiger partial charge in [0.15, 0.2) is 0 Å². The Hall–Kier alpha value is -2.79. The second-order valence-electron chi connectivity index (χ2n) is 9.19. The lowest BCUT2D eigenvalue weighted by molar-refractivity contribution is 0.0890. The van der Waals surface area contributed by atoms with Crippen molar-refractivity contribution in [2.75, 3.05) is 5.32 Å². The van der Waals surface area contributed by atoms with Crippen molar-refractivity contribution in [1.29, 1.82) is 0 Å². The maximum atomic E-state index is 13.6. The fourth-order valence-electron chi connectivity index (χ4n) is 4.76. The quantitative estimate of drug-likeness (QED) is 0.465. The highest BCUT2D eigenvalue weighted by molar-refractivity contribution is 6.30. The molecule has 6 heteroatoms. The minimum Gasteiger partial charge on any atom is -0.363 e. The van der Waals surface area contributed by atoms with Gasteiger partial charge >= 0.3 is 0 Å². The Morgan fingerprint density at radius 1 is 1.16 bits per heavy atom. The third-order valence-electron chi connectivity index (χ3n) is 6.76. The van der Waals surface area contributed by atoms with Crippen LogP contribution >= 0.6 is 11.6 Å². The number of halogens is 1. The first-order chi connectivity index (χ1) is 15.3. The summed E-state index contributed by atoms with van der Waals surface area (Å²) in [5.74, 6) is 0.645. The molecule has 3 aromatic rings. The first kappa shape index (κ1) is 22.4. The molecular weight excluding hydrogens is 420 g/mol. The lowest BCUT2D eigenvalue weighted by Crippen LogP contribution is -2.45. The summed E-state index contributed by atoms with van der Waals surface area (Å²) in [7, 11) is 0. The lowest BCUT2D eigenvalue weighted by Gasteiger charge is -2.38. The SMILES string of the molecule is CCC(CC)(NC(=O)c1cnn2c1N[C@H](c1ccccc1)CC2(C)C)c1ccc(Cl)cc1. The highest BCUT2D eigenvalue weighted by Gasteiger charge is 2.38. The average Bonchev–Trinajstić information content (AvgIpc) is 3.24. The Labute approximate surface area is 195 Å². The van der Waals surface area contributed by atoms with Gasteiger partial charge in [0.25, 0.3) is 5.91 Å². The normalized spacial score (nSPS) is 17.3. The van der Waals surface area contributed by atoms with E-state index in [1.807, 2.05) is 47.1 Å². The summed E-state index contributed by atoms with van der Waals surface area (Å²) < 4.78 is 1.95. The van der Waals surface area contributed by atoms with Crippen molar-refractivity contribution in [1.82, 2.24) is 15.1 Å². The number of hydrogen-bond donors (Lipinski definition) is 2. The molecule has 0 radical (unpaired) electrons. The molecule has 4 rings (SSSR count). The van der Waals surface area contributed by atoms with Gasteiger partial charge in [-0.1, -0.05) is 67.9 Å². The van der Waals surface area contributed by atoms with Crippen molar-refractivity contribution in [3.8, 4) is 0 Å². The number of nitrogens with one attached hydrogen (secondary N) is 2. The van der Waals surface area contributed by atoms with Crippen LogP contribution in [0.5, 0.6) is 0 Å². The van der Waals surface area contributed by atoms with E-state index < -0.39 is 5.54 Å². The fraction of sp³-hybridized carbons (Fsp3) is 0.385. The monoisotopic (exact) mass is 450 g/mol. The maximum Gasteiger partial charge on any atom is 0.257 e. The van der Waals surface area contributed by atoms with Gasteiger partial charge in [0.05, 0.1) is 23.3 Å². The number of fused-ring (bicyclic) bond motifs is 1. The molecule has 0 spiro atoms. The molecule has 0 saturated carbocycles. The van der Waals surface area contributed by atoms with Gasteiger partial charge in [0.2, 0.25) is 0 Å². The number of aromatic nitrogens is 2. The number of amides is 1. The zero-order chi connectivity index (χ0) is 22.9. The molecule has 0 bridgehead atoms. The summed E-state index contributed by atoms with van der Waals surface area (Å²) >= 11 is 6.10. The topological polar surface area (TPSA) is 59.0 Å². The van der Waals surface area contributed by atoms with E-state index in [-0.39, 0.29) is 17.5 Å². The molecular formula is C26H31ClN4O. The highest BCUT2D eigenvalue weighted by atomic mass is 35.5. The van der Waals surface area contributed by atoms with E-state index in [0.29, 0.717) is 10.6 Å². The van der Waals surface area contributed by atoms with E-state index in [0.717, 1.165) is 30.6 Å². The summed E-state index contributed by atoms with van der Waals surface area (Å²) in [6.45, 7) is 8.52. The molecule has 1 atom stereocenters. The number of benzene rings is 2. The van der Waals surface area contributed by atoms with Gasteiger partial charge in [0, 0.05) is 5.02 Å². The Bertz CT molecular complexity index is 1080. The molecule has 168 valence electrons. The van der Waals surface area contributed by atoms with Gasteiger partial charge in [-0.25, -0.2) is 4.68 Å². The summed E-state index contributed by atoms with van der Waals surface area (Å²) in [6, 6.07) is 18.2. The summed E-state index contributed by atoms with van der Waals surface area (Å²) in [5, 5.41) is 12.2. The Kier molecular flexibility index (Phi) is 6.04. The first-order valence-corrected chi connectivity index (χ1v) is 11.7. The smallest absolute Gasteiger partial charge is 0.257 e. The van der Waals surface area contributed by atoms with Crippen LogP contribution in [0.25, 0.3) is 0 Å². The highest BCUT2D eigenvalue weighted by Crippen LogP contribution is 2.40. The van der Waals surface area contributed by atoms with Crippen molar-refractivity contribution in [3.63, 3.8) is 0 Å². The van der Waals surface area contributed by atoms with E-state index in [1.54, 1.807) is 6.20 Å². The van der Waals surface area contributed by atoms with Crippen LogP contribution in [-0.2, 0) is 11.1 Å². The van der Waals surface area contributed by atoms with E-state index in [1.165, 1.54) is 5.56 Å². The standard InChI is InChI=1S/C26H31ClN4O/c1-5-26(6-2,19-12-14-20(27)15-13-19)30-24(32)21-17-28-31-23(21)29-22(16-25(31,3)4)18-10-8-7-9-11-18/h7-15,17,22,29H,5-6,16H2,1-4H3,(H,30,32)/t22-/m0/s1. The van der Waals surface area contributed by atoms with Gasteiger partial charge in [-0.05, 0) is 56.4 Å². The van der Waals surface area contributed by atoms with E-state index >= 15 is 0 Å². The molecule has 0 saturated heterocycles. The van der Waals surface area contributed by atoms with Crippen molar-refractivity contribution < 1.29 is 4.79 Å². The minimum atomic E-state index is -0.473. The van der Waals surface area contributed by atoms with Crippen LogP contribution in [0, 0.1) is 0 Å². The van der Waals surface area contributed by atoms with Crippen LogP contribution < -0.4 is 10.6 Å². The molecule has 1 aliphatic heterocycles. The van der Waals surface area contributed by atoms with Crippen LogP contribution in [0.4, 0.5) is 5.82 Å². The molecule has 0 fully saturated rings. The molecule has 0 unspecified atom stereocenters. The van der Waals surface area contributed by atoms with Crippen molar-refractivity contribution in [3.05, 3.63) is 82.5 Å². The average molecular weight is 451 g/mol. The Morgan fingerprint density at radius 3 is 2.44 bits per heavy atom. The third kappa shape index (κ3) is 4.02. The van der Waals surface area contributed by atoms with Crippen LogP contribution in [0.2, 0.25) is 5.02 Å². The molecule has 1 aliphatic rings. The predicted octanol–water partition coefficient (Wildman–Crippen LogP) is 6.27. The summed E-state index contributed by atoms with van der Waals surface area (Å²) in [6.07, 6.45) is 4.11. The van der Waals surface area contributed by atoms with Crippen molar-refractivity contribution in [2.45, 2.75) is 64.1 Å². The summed E-state index contributed by atoms with van der Waals surface area (Å²) in [4.78, 5) is 13.6. The summed E-state index contributed by atoms with van der Waals surface area (Å²) in [5.41, 5.74) is 2.13. The largest absolute Gasteiger partial charge is 0.363 e. The second kappa shape index (κ2) is 8.62. The maximum absolute atomic E-state index is 13.6. The number of nitrogens with zero attached hydrogens (tertiary/aromatic N) is 2. The van der Waals surface area contributed by atoms with Gasteiger partial charge in [-0.2, -0.15) is 5.10 Å². The van der Waals surface area contributed by atoms with Gasteiger partial charge in [-0.15, -0.1) is 0 Å². The zero-order valence-corrected chi connectivity index (χ0v) is 19.9. The first-order valence-electron chi connectivity index (χ1n) is 11.3.